The molecule has 1 unspecified atom stereocenters. The molecule has 2 rings (SSSR count). The van der Waals surface area contributed by atoms with Gasteiger partial charge in [-0.1, -0.05) is 23.7 Å². The normalized spacial score (nSPS) is 12.4. The van der Waals surface area contributed by atoms with Gasteiger partial charge in [0.15, 0.2) is 0 Å². The van der Waals surface area contributed by atoms with E-state index in [0.717, 1.165) is 16.8 Å². The number of aryl methyl sites for hydroxylation is 1. The Hall–Kier alpha value is -1.45. The summed E-state index contributed by atoms with van der Waals surface area (Å²) in [5.41, 5.74) is 8.93. The number of nitrogens with zero attached hydrogens (tertiary/aromatic N) is 1. The lowest BCUT2D eigenvalue weighted by atomic mass is 10.0. The molecule has 1 atom stereocenters. The summed E-state index contributed by atoms with van der Waals surface area (Å²) < 4.78 is 13.0. The van der Waals surface area contributed by atoms with Crippen LogP contribution in [-0.2, 0) is 6.42 Å². The van der Waals surface area contributed by atoms with Crippen LogP contribution in [-0.4, -0.2) is 4.98 Å². The molecule has 0 amide bonds. The molecule has 2 N–H and O–H groups in total. The topological polar surface area (TPSA) is 38.9 Å². The van der Waals surface area contributed by atoms with Crippen LogP contribution in [0.2, 0.25) is 5.02 Å². The highest BCUT2D eigenvalue weighted by Gasteiger charge is 2.11. The van der Waals surface area contributed by atoms with Crippen molar-refractivity contribution in [3.05, 3.63) is 64.2 Å². The SMILES string of the molecule is Cc1cccnc1C(N)Cc1ccc(F)c(Cl)c1. The van der Waals surface area contributed by atoms with Gasteiger partial charge in [-0.25, -0.2) is 4.39 Å². The van der Waals surface area contributed by atoms with Gasteiger partial charge < -0.3 is 5.73 Å². The van der Waals surface area contributed by atoms with Crippen molar-refractivity contribution in [3.63, 3.8) is 0 Å². The second-order valence-electron chi connectivity index (χ2n) is 4.26. The molecule has 4 heteroatoms. The minimum atomic E-state index is -0.414. The van der Waals surface area contributed by atoms with Gasteiger partial charge in [0.1, 0.15) is 5.82 Å². The molecule has 0 aliphatic carbocycles. The third kappa shape index (κ3) is 2.86. The number of hydrogen-bond donors (Lipinski definition) is 1. The van der Waals surface area contributed by atoms with Crippen LogP contribution in [0.25, 0.3) is 0 Å². The molecule has 2 aromatic rings. The average molecular weight is 265 g/mol. The molecule has 1 aromatic carbocycles. The summed E-state index contributed by atoms with van der Waals surface area (Å²) in [6, 6.07) is 8.29. The van der Waals surface area contributed by atoms with Gasteiger partial charge in [-0.15, -0.1) is 0 Å². The van der Waals surface area contributed by atoms with Crippen molar-refractivity contribution >= 4 is 11.6 Å². The molecule has 0 aliphatic heterocycles. The van der Waals surface area contributed by atoms with Gasteiger partial charge in [0, 0.05) is 6.20 Å². The summed E-state index contributed by atoms with van der Waals surface area (Å²) in [7, 11) is 0. The zero-order chi connectivity index (χ0) is 13.1. The average Bonchev–Trinajstić information content (AvgIpc) is 2.34. The zero-order valence-corrected chi connectivity index (χ0v) is 10.8. The van der Waals surface area contributed by atoms with Crippen molar-refractivity contribution in [1.29, 1.82) is 0 Å². The molecule has 2 nitrogen and oxygen atoms in total. The van der Waals surface area contributed by atoms with Gasteiger partial charge in [-0.3, -0.25) is 4.98 Å². The Bertz CT molecular complexity index is 557. The van der Waals surface area contributed by atoms with E-state index in [0.29, 0.717) is 6.42 Å². The maximum atomic E-state index is 13.0. The first-order valence-corrected chi connectivity index (χ1v) is 6.06. The third-order valence-electron chi connectivity index (χ3n) is 2.84. The molecular weight excluding hydrogens is 251 g/mol. The zero-order valence-electron chi connectivity index (χ0n) is 10.0. The van der Waals surface area contributed by atoms with E-state index in [1.165, 1.54) is 6.07 Å². The van der Waals surface area contributed by atoms with E-state index in [9.17, 15) is 4.39 Å². The quantitative estimate of drug-likeness (QED) is 0.923. The van der Waals surface area contributed by atoms with Crippen molar-refractivity contribution in [3.8, 4) is 0 Å². The fourth-order valence-electron chi connectivity index (χ4n) is 1.90. The number of benzene rings is 1. The van der Waals surface area contributed by atoms with E-state index in [-0.39, 0.29) is 11.1 Å². The molecule has 0 bridgehead atoms. The Morgan fingerprint density at radius 2 is 2.17 bits per heavy atom. The summed E-state index contributed by atoms with van der Waals surface area (Å²) in [5.74, 6) is -0.414. The molecule has 94 valence electrons. The second kappa shape index (κ2) is 5.46. The maximum Gasteiger partial charge on any atom is 0.141 e. The summed E-state index contributed by atoms with van der Waals surface area (Å²) >= 11 is 5.74. The van der Waals surface area contributed by atoms with E-state index < -0.39 is 5.82 Å². The molecule has 1 aromatic heterocycles. The molecular formula is C14H14ClFN2. The van der Waals surface area contributed by atoms with Gasteiger partial charge in [0.25, 0.3) is 0 Å². The van der Waals surface area contributed by atoms with E-state index >= 15 is 0 Å². The first-order chi connectivity index (χ1) is 8.58. The van der Waals surface area contributed by atoms with Gasteiger partial charge in [0.2, 0.25) is 0 Å². The summed E-state index contributed by atoms with van der Waals surface area (Å²) in [5, 5.41) is 0.123. The number of rotatable bonds is 3. The van der Waals surface area contributed by atoms with Crippen molar-refractivity contribution < 1.29 is 4.39 Å². The van der Waals surface area contributed by atoms with E-state index in [1.54, 1.807) is 18.3 Å². The van der Waals surface area contributed by atoms with Crippen molar-refractivity contribution in [1.82, 2.24) is 4.98 Å². The van der Waals surface area contributed by atoms with Crippen molar-refractivity contribution in [2.45, 2.75) is 19.4 Å². The van der Waals surface area contributed by atoms with E-state index in [1.807, 2.05) is 19.1 Å². The predicted octanol–water partition coefficient (Wildman–Crippen LogP) is 3.43. The standard InChI is InChI=1S/C14H14ClFN2/c1-9-3-2-6-18-14(9)13(17)8-10-4-5-12(16)11(15)7-10/h2-7,13H,8,17H2,1H3. The maximum absolute atomic E-state index is 13.0. The largest absolute Gasteiger partial charge is 0.322 e. The van der Waals surface area contributed by atoms with Crippen LogP contribution < -0.4 is 5.73 Å². The molecule has 0 saturated heterocycles. The highest BCUT2D eigenvalue weighted by Crippen LogP contribution is 2.21. The van der Waals surface area contributed by atoms with Crippen LogP contribution >= 0.6 is 11.6 Å². The summed E-state index contributed by atoms with van der Waals surface area (Å²) in [6.07, 6.45) is 2.30. The van der Waals surface area contributed by atoms with Gasteiger partial charge >= 0.3 is 0 Å². The number of pyridine rings is 1. The van der Waals surface area contributed by atoms with Gasteiger partial charge in [0.05, 0.1) is 16.8 Å². The van der Waals surface area contributed by atoms with Gasteiger partial charge in [-0.2, -0.15) is 0 Å². The molecule has 0 aliphatic rings. The molecule has 1 heterocycles. The first-order valence-electron chi connectivity index (χ1n) is 5.69. The fourth-order valence-corrected chi connectivity index (χ4v) is 2.11. The van der Waals surface area contributed by atoms with Crippen LogP contribution in [0.3, 0.4) is 0 Å². The third-order valence-corrected chi connectivity index (χ3v) is 3.13. The van der Waals surface area contributed by atoms with Crippen molar-refractivity contribution in [2.75, 3.05) is 0 Å². The Morgan fingerprint density at radius 3 is 2.83 bits per heavy atom. The molecule has 18 heavy (non-hydrogen) atoms. The minimum absolute atomic E-state index is 0.123. The van der Waals surface area contributed by atoms with Crippen LogP contribution in [0.4, 0.5) is 4.39 Å². The van der Waals surface area contributed by atoms with E-state index in [2.05, 4.69) is 4.98 Å². The van der Waals surface area contributed by atoms with Crippen LogP contribution in [0.1, 0.15) is 22.9 Å². The lowest BCUT2D eigenvalue weighted by Gasteiger charge is -2.13. The molecule has 0 spiro atoms. The fraction of sp³-hybridized carbons (Fsp3) is 0.214. The predicted molar refractivity (Wildman–Crippen MR) is 71.0 cm³/mol. The first kappa shape index (κ1) is 13.0. The molecule has 0 saturated carbocycles. The number of nitrogens with two attached hydrogens (primary N) is 1. The molecule has 0 fully saturated rings. The summed E-state index contributed by atoms with van der Waals surface area (Å²) in [6.45, 7) is 1.97. The lowest BCUT2D eigenvalue weighted by Crippen LogP contribution is -2.16. The van der Waals surface area contributed by atoms with E-state index in [4.69, 9.17) is 17.3 Å². The van der Waals surface area contributed by atoms with Crippen LogP contribution in [0, 0.1) is 12.7 Å². The Balaban J connectivity index is 2.19. The number of aromatic nitrogens is 1. The monoisotopic (exact) mass is 264 g/mol. The molecule has 0 radical (unpaired) electrons. The Labute approximate surface area is 111 Å². The second-order valence-corrected chi connectivity index (χ2v) is 4.67. The summed E-state index contributed by atoms with van der Waals surface area (Å²) in [4.78, 5) is 4.28. The minimum Gasteiger partial charge on any atom is -0.322 e. The highest BCUT2D eigenvalue weighted by atomic mass is 35.5. The smallest absolute Gasteiger partial charge is 0.141 e. The Kier molecular flexibility index (Phi) is 3.94. The van der Waals surface area contributed by atoms with Gasteiger partial charge in [-0.05, 0) is 42.7 Å². The van der Waals surface area contributed by atoms with Crippen LogP contribution in [0.15, 0.2) is 36.5 Å². The highest BCUT2D eigenvalue weighted by molar-refractivity contribution is 6.30. The number of hydrogen-bond acceptors (Lipinski definition) is 2. The van der Waals surface area contributed by atoms with Crippen molar-refractivity contribution in [2.24, 2.45) is 5.73 Å². The Morgan fingerprint density at radius 1 is 1.39 bits per heavy atom. The lowest BCUT2D eigenvalue weighted by molar-refractivity contribution is 0.625. The number of halogens is 2. The van der Waals surface area contributed by atoms with Crippen LogP contribution in [0.5, 0.6) is 0 Å².